The van der Waals surface area contributed by atoms with Crippen LogP contribution in [0.2, 0.25) is 0 Å². The Morgan fingerprint density at radius 3 is 2.48 bits per heavy atom. The molecule has 0 aliphatic heterocycles. The third kappa shape index (κ3) is 7.49. The number of carbonyl (C=O) groups excluding carboxylic acids is 1. The lowest BCUT2D eigenvalue weighted by atomic mass is 10.1. The van der Waals surface area contributed by atoms with Gasteiger partial charge in [0.05, 0.1) is 11.8 Å². The van der Waals surface area contributed by atoms with Crippen molar-refractivity contribution < 1.29 is 22.4 Å². The molecular weight excluding hydrogens is 476 g/mol. The van der Waals surface area contributed by atoms with E-state index in [-0.39, 0.29) is 42.2 Å². The first-order chi connectivity index (χ1) is 12.4. The number of hydrogen-bond donors (Lipinski definition) is 3. The summed E-state index contributed by atoms with van der Waals surface area (Å²) in [5.74, 6) is 0.301. The summed E-state index contributed by atoms with van der Waals surface area (Å²) in [7, 11) is 1.54. The lowest BCUT2D eigenvalue weighted by molar-refractivity contribution is -0.137. The molecule has 1 amide bonds. The molecule has 0 atom stereocenters. The Balaban J connectivity index is 0.00000364. The Morgan fingerprint density at radius 2 is 1.85 bits per heavy atom. The van der Waals surface area contributed by atoms with E-state index >= 15 is 0 Å². The van der Waals surface area contributed by atoms with E-state index in [1.54, 1.807) is 25.2 Å². The van der Waals surface area contributed by atoms with Crippen molar-refractivity contribution in [3.8, 4) is 0 Å². The van der Waals surface area contributed by atoms with Gasteiger partial charge < -0.3 is 20.4 Å². The second-order valence-electron chi connectivity index (χ2n) is 5.28. The number of nitrogens with zero attached hydrogens (tertiary/aromatic N) is 1. The van der Waals surface area contributed by atoms with Crippen molar-refractivity contribution >= 4 is 35.8 Å². The molecule has 0 radical (unpaired) electrons. The zero-order chi connectivity index (χ0) is 19.0. The first kappa shape index (κ1) is 22.8. The van der Waals surface area contributed by atoms with Crippen molar-refractivity contribution in [3.63, 3.8) is 0 Å². The zero-order valence-corrected chi connectivity index (χ0v) is 16.8. The number of benzene rings is 1. The molecule has 0 unspecified atom stereocenters. The minimum atomic E-state index is -4.37. The highest BCUT2D eigenvalue weighted by Crippen LogP contribution is 2.29. The molecular formula is C17H20F3IN4O2. The van der Waals surface area contributed by atoms with E-state index in [0.717, 1.165) is 12.1 Å². The second kappa shape index (κ2) is 10.8. The number of halogens is 4. The first-order valence-corrected chi connectivity index (χ1v) is 7.82. The highest BCUT2D eigenvalue weighted by Gasteiger charge is 2.30. The van der Waals surface area contributed by atoms with Crippen molar-refractivity contribution in [2.45, 2.75) is 12.7 Å². The molecule has 1 heterocycles. The second-order valence-corrected chi connectivity index (χ2v) is 5.28. The van der Waals surface area contributed by atoms with Crippen LogP contribution in [0.3, 0.4) is 0 Å². The standard InChI is InChI=1S/C17H19F3N4O2.HI/c1-21-16(23-8-7-22-15(25)14-6-3-9-26-14)24-11-12-4-2-5-13(10-12)17(18,19)20;/h2-6,9-10H,7-8,11H2,1H3,(H,22,25)(H2,21,23,24);1H. The molecule has 0 fully saturated rings. The number of carbonyl (C=O) groups is 1. The molecule has 2 rings (SSSR count). The van der Waals surface area contributed by atoms with Gasteiger partial charge in [0.1, 0.15) is 0 Å². The van der Waals surface area contributed by atoms with E-state index < -0.39 is 11.7 Å². The maximum absolute atomic E-state index is 12.7. The maximum atomic E-state index is 12.7. The number of aliphatic imine (C=N–C) groups is 1. The third-order valence-corrected chi connectivity index (χ3v) is 3.39. The number of guanidine groups is 1. The van der Waals surface area contributed by atoms with Crippen LogP contribution in [0.4, 0.5) is 13.2 Å². The Labute approximate surface area is 171 Å². The highest BCUT2D eigenvalue weighted by atomic mass is 127. The van der Waals surface area contributed by atoms with Gasteiger partial charge in [-0.3, -0.25) is 9.79 Å². The average Bonchev–Trinajstić information content (AvgIpc) is 3.15. The summed E-state index contributed by atoms with van der Waals surface area (Å²) in [5.41, 5.74) is -0.214. The van der Waals surface area contributed by atoms with Gasteiger partial charge in [0, 0.05) is 26.7 Å². The van der Waals surface area contributed by atoms with E-state index in [1.807, 2.05) is 0 Å². The van der Waals surface area contributed by atoms with Crippen LogP contribution in [0.1, 0.15) is 21.7 Å². The Bertz CT molecular complexity index is 749. The van der Waals surface area contributed by atoms with Gasteiger partial charge in [-0.25, -0.2) is 0 Å². The summed E-state index contributed by atoms with van der Waals surface area (Å²) in [6.45, 7) is 0.890. The fourth-order valence-corrected chi connectivity index (χ4v) is 2.12. The van der Waals surface area contributed by atoms with E-state index in [9.17, 15) is 18.0 Å². The number of rotatable bonds is 6. The molecule has 10 heteroatoms. The van der Waals surface area contributed by atoms with Crippen molar-refractivity contribution in [1.29, 1.82) is 0 Å². The first-order valence-electron chi connectivity index (χ1n) is 7.82. The molecule has 0 aliphatic carbocycles. The van der Waals surface area contributed by atoms with Gasteiger partial charge in [-0.2, -0.15) is 13.2 Å². The fourth-order valence-electron chi connectivity index (χ4n) is 2.12. The Kier molecular flexibility index (Phi) is 9.12. The van der Waals surface area contributed by atoms with E-state index in [2.05, 4.69) is 20.9 Å². The molecule has 6 nitrogen and oxygen atoms in total. The van der Waals surface area contributed by atoms with Gasteiger partial charge in [0.2, 0.25) is 0 Å². The number of alkyl halides is 3. The molecule has 2 aromatic rings. The van der Waals surface area contributed by atoms with Crippen molar-refractivity contribution in [3.05, 3.63) is 59.5 Å². The molecule has 148 valence electrons. The molecule has 3 N–H and O–H groups in total. The van der Waals surface area contributed by atoms with Gasteiger partial charge in [-0.15, -0.1) is 24.0 Å². The largest absolute Gasteiger partial charge is 0.459 e. The van der Waals surface area contributed by atoms with E-state index in [1.165, 1.54) is 12.3 Å². The van der Waals surface area contributed by atoms with Crippen molar-refractivity contribution in [2.24, 2.45) is 4.99 Å². The molecule has 0 aliphatic rings. The summed E-state index contributed by atoms with van der Waals surface area (Å²) in [5, 5.41) is 8.54. The van der Waals surface area contributed by atoms with Gasteiger partial charge in [-0.05, 0) is 29.8 Å². The third-order valence-electron chi connectivity index (χ3n) is 3.39. The molecule has 0 saturated heterocycles. The van der Waals surface area contributed by atoms with Crippen LogP contribution in [0, 0.1) is 0 Å². The lowest BCUT2D eigenvalue weighted by Gasteiger charge is -2.13. The van der Waals surface area contributed by atoms with Crippen molar-refractivity contribution in [1.82, 2.24) is 16.0 Å². The van der Waals surface area contributed by atoms with E-state index in [0.29, 0.717) is 24.6 Å². The summed E-state index contributed by atoms with van der Waals surface area (Å²) in [4.78, 5) is 15.7. The maximum Gasteiger partial charge on any atom is 0.416 e. The Hall–Kier alpha value is -2.24. The summed E-state index contributed by atoms with van der Waals surface area (Å²) < 4.78 is 43.1. The van der Waals surface area contributed by atoms with Crippen LogP contribution in [0.5, 0.6) is 0 Å². The SMILES string of the molecule is CN=C(NCCNC(=O)c1ccco1)NCc1cccc(C(F)(F)F)c1.I. The topological polar surface area (TPSA) is 78.7 Å². The van der Waals surface area contributed by atoms with Crippen LogP contribution < -0.4 is 16.0 Å². The molecule has 1 aromatic heterocycles. The number of furan rings is 1. The average molecular weight is 496 g/mol. The van der Waals surface area contributed by atoms with Crippen LogP contribution in [0.15, 0.2) is 52.1 Å². The minimum absolute atomic E-state index is 0. The molecule has 1 aromatic carbocycles. The summed E-state index contributed by atoms with van der Waals surface area (Å²) in [6, 6.07) is 8.24. The van der Waals surface area contributed by atoms with Crippen LogP contribution in [-0.4, -0.2) is 32.0 Å². The van der Waals surface area contributed by atoms with Gasteiger partial charge >= 0.3 is 6.18 Å². The fraction of sp³-hybridized carbons (Fsp3) is 0.294. The normalized spacial score (nSPS) is 11.5. The van der Waals surface area contributed by atoms with Crippen LogP contribution >= 0.6 is 24.0 Å². The monoisotopic (exact) mass is 496 g/mol. The van der Waals surface area contributed by atoms with Crippen LogP contribution in [0.25, 0.3) is 0 Å². The highest BCUT2D eigenvalue weighted by molar-refractivity contribution is 14.0. The number of hydrogen-bond acceptors (Lipinski definition) is 3. The lowest BCUT2D eigenvalue weighted by Crippen LogP contribution is -2.41. The number of nitrogens with one attached hydrogen (secondary N) is 3. The quantitative estimate of drug-likeness (QED) is 0.249. The van der Waals surface area contributed by atoms with Gasteiger partial charge in [0.15, 0.2) is 11.7 Å². The van der Waals surface area contributed by atoms with E-state index in [4.69, 9.17) is 4.42 Å². The Morgan fingerprint density at radius 1 is 1.11 bits per heavy atom. The predicted molar refractivity (Wildman–Crippen MR) is 106 cm³/mol. The molecule has 0 saturated carbocycles. The summed E-state index contributed by atoms with van der Waals surface area (Å²) in [6.07, 6.45) is -2.96. The smallest absolute Gasteiger partial charge is 0.416 e. The summed E-state index contributed by atoms with van der Waals surface area (Å²) >= 11 is 0. The zero-order valence-electron chi connectivity index (χ0n) is 14.5. The predicted octanol–water partition coefficient (Wildman–Crippen LogP) is 3.01. The van der Waals surface area contributed by atoms with Gasteiger partial charge in [-0.1, -0.05) is 12.1 Å². The molecule has 0 spiro atoms. The van der Waals surface area contributed by atoms with Crippen molar-refractivity contribution in [2.75, 3.05) is 20.1 Å². The minimum Gasteiger partial charge on any atom is -0.459 e. The van der Waals surface area contributed by atoms with Crippen LogP contribution in [-0.2, 0) is 12.7 Å². The number of amides is 1. The molecule has 0 bridgehead atoms. The van der Waals surface area contributed by atoms with Gasteiger partial charge in [0.25, 0.3) is 5.91 Å². The molecule has 27 heavy (non-hydrogen) atoms.